The first-order valence-corrected chi connectivity index (χ1v) is 16.9. The van der Waals surface area contributed by atoms with Crippen molar-refractivity contribution in [2.75, 3.05) is 6.54 Å². The van der Waals surface area contributed by atoms with E-state index in [0.717, 1.165) is 16.7 Å². The smallest absolute Gasteiger partial charge is 0.423 e. The van der Waals surface area contributed by atoms with E-state index in [2.05, 4.69) is 10.6 Å². The molecule has 52 heavy (non-hydrogen) atoms. The normalized spacial score (nSPS) is 19.8. The molecule has 3 atom stereocenters. The molecular weight excluding hydrogens is 674 g/mol. The molecule has 17 heteroatoms. The first kappa shape index (κ1) is 35.1. The predicted octanol–water partition coefficient (Wildman–Crippen LogP) is -0.702. The van der Waals surface area contributed by atoms with Gasteiger partial charge in [0, 0.05) is 36.6 Å². The maximum Gasteiger partial charge on any atom is 0.491 e. The van der Waals surface area contributed by atoms with Crippen molar-refractivity contribution in [1.82, 2.24) is 20.6 Å². The molecule has 0 aliphatic carbocycles. The third-order valence-electron chi connectivity index (χ3n) is 9.66. The van der Waals surface area contributed by atoms with E-state index in [1.807, 2.05) is 13.0 Å². The highest BCUT2D eigenvalue weighted by Crippen LogP contribution is 2.26. The second-order valence-corrected chi connectivity index (χ2v) is 13.3. The van der Waals surface area contributed by atoms with E-state index in [4.69, 9.17) is 14.1 Å². The molecule has 7 rings (SSSR count). The van der Waals surface area contributed by atoms with Crippen LogP contribution in [0.2, 0.25) is 0 Å². The second-order valence-electron chi connectivity index (χ2n) is 13.3. The Morgan fingerprint density at radius 2 is 1.54 bits per heavy atom. The number of hydrogen-bond acceptors (Lipinski definition) is 11. The zero-order valence-electron chi connectivity index (χ0n) is 28.1. The molecule has 4 N–H and O–H groups in total. The average Bonchev–Trinajstić information content (AvgIpc) is 3.90. The molecule has 3 aromatic rings. The number of aryl methyl sites for hydroxylation is 1. The molecule has 0 bridgehead atoms. The molecular formula is C35H34B2N4O11. The van der Waals surface area contributed by atoms with Gasteiger partial charge in [-0.1, -0.05) is 42.0 Å². The Hall–Kier alpha value is -5.35. The number of carbonyl (C=O) groups excluding carboxylic acids is 6. The zero-order valence-corrected chi connectivity index (χ0v) is 28.1. The number of rotatable bonds is 9. The number of benzene rings is 3. The zero-order chi connectivity index (χ0) is 36.7. The fourth-order valence-corrected chi connectivity index (χ4v) is 6.92. The average molecular weight is 708 g/mol. The Kier molecular flexibility index (Phi) is 9.67. The van der Waals surface area contributed by atoms with Crippen molar-refractivity contribution in [1.29, 1.82) is 0 Å². The van der Waals surface area contributed by atoms with Crippen molar-refractivity contribution in [3.8, 4) is 0 Å². The van der Waals surface area contributed by atoms with E-state index in [1.54, 1.807) is 42.5 Å². The van der Waals surface area contributed by atoms with Gasteiger partial charge >= 0.3 is 20.2 Å². The van der Waals surface area contributed by atoms with Crippen molar-refractivity contribution < 1.29 is 53.0 Å². The Morgan fingerprint density at radius 3 is 2.19 bits per heavy atom. The molecule has 4 aliphatic heterocycles. The molecule has 2 fully saturated rings. The molecule has 0 unspecified atom stereocenters. The summed E-state index contributed by atoms with van der Waals surface area (Å²) in [5, 5.41) is 26.6. The van der Waals surface area contributed by atoms with Gasteiger partial charge < -0.3 is 39.7 Å². The van der Waals surface area contributed by atoms with Gasteiger partial charge in [-0.25, -0.2) is 4.79 Å². The van der Waals surface area contributed by atoms with Crippen LogP contribution < -0.4 is 21.6 Å². The lowest BCUT2D eigenvalue weighted by Gasteiger charge is -2.27. The Bertz CT molecular complexity index is 1980. The summed E-state index contributed by atoms with van der Waals surface area (Å²) in [4.78, 5) is 85.4. The summed E-state index contributed by atoms with van der Waals surface area (Å²) < 4.78 is 10.5. The number of fused-ring (bicyclic) bond motifs is 2. The summed E-state index contributed by atoms with van der Waals surface area (Å²) in [6.07, 6.45) is -0.582. The third-order valence-corrected chi connectivity index (χ3v) is 9.66. The van der Waals surface area contributed by atoms with Crippen molar-refractivity contribution in [3.63, 3.8) is 0 Å². The largest absolute Gasteiger partial charge is 0.491 e. The quantitative estimate of drug-likeness (QED) is 0.162. The van der Waals surface area contributed by atoms with E-state index in [0.29, 0.717) is 21.6 Å². The number of carbonyl (C=O) groups is 6. The SMILES string of the molecule is Cc1cccc([C@H](CC(=O)ON2C(=O)CCC2=O)NC(=O)[C@@H]2C[C@@H](NC(=O)c3ccc4c(c3)B(O)OC4)CN2C(=O)c2ccc3c(c2)B(O)OC3)c1. The maximum absolute atomic E-state index is 14.2. The minimum absolute atomic E-state index is 0.0123. The van der Waals surface area contributed by atoms with Crippen molar-refractivity contribution in [2.24, 2.45) is 0 Å². The molecule has 2 saturated heterocycles. The summed E-state index contributed by atoms with van der Waals surface area (Å²) in [6, 6.07) is 13.9. The van der Waals surface area contributed by atoms with E-state index < -0.39 is 74.3 Å². The highest BCUT2D eigenvalue weighted by Gasteiger charge is 2.42. The standard InChI is InChI=1S/C35H34B2N4O11/c1-19-3-2-4-20(11-19)28(15-32(44)52-41-30(42)9-10-31(41)43)39-34(46)29-14-25(38-33(45)21-5-7-23-17-50-36(48)26(23)12-21)16-40(29)35(47)22-6-8-24-18-51-37(49)27(24)13-22/h2-8,11-13,25,28-29,48-49H,9-10,14-18H2,1H3,(H,38,45)(H,39,46)/t25-,28+,29+/m1/s1. The number of imide groups is 1. The molecule has 266 valence electrons. The number of likely N-dealkylation sites (tertiary alicyclic amines) is 1. The lowest BCUT2D eigenvalue weighted by atomic mass is 9.78. The second kappa shape index (κ2) is 14.3. The van der Waals surface area contributed by atoms with E-state index in [-0.39, 0.29) is 50.1 Å². The van der Waals surface area contributed by atoms with Crippen LogP contribution in [-0.2, 0) is 46.5 Å². The molecule has 0 radical (unpaired) electrons. The highest BCUT2D eigenvalue weighted by molar-refractivity contribution is 6.62. The van der Waals surface area contributed by atoms with Gasteiger partial charge in [-0.2, -0.15) is 0 Å². The summed E-state index contributed by atoms with van der Waals surface area (Å²) in [5.41, 5.74) is 4.23. The molecule has 4 aliphatic rings. The molecule has 0 saturated carbocycles. The molecule has 0 spiro atoms. The molecule has 0 aromatic heterocycles. The minimum atomic E-state index is -1.20. The topological polar surface area (TPSA) is 201 Å². The van der Waals surface area contributed by atoms with Crippen LogP contribution in [0.3, 0.4) is 0 Å². The van der Waals surface area contributed by atoms with Gasteiger partial charge in [-0.05, 0) is 65.2 Å². The van der Waals surface area contributed by atoms with Crippen LogP contribution in [0.15, 0.2) is 60.7 Å². The van der Waals surface area contributed by atoms with E-state index >= 15 is 0 Å². The molecule has 3 aromatic carbocycles. The van der Waals surface area contributed by atoms with Crippen LogP contribution in [0.5, 0.6) is 0 Å². The molecule has 4 heterocycles. The van der Waals surface area contributed by atoms with Gasteiger partial charge in [0.1, 0.15) is 6.04 Å². The Labute approximate surface area is 298 Å². The van der Waals surface area contributed by atoms with Crippen LogP contribution >= 0.6 is 0 Å². The fraction of sp³-hybridized carbons (Fsp3) is 0.314. The molecule has 5 amide bonds. The molecule has 15 nitrogen and oxygen atoms in total. The van der Waals surface area contributed by atoms with Crippen LogP contribution in [0, 0.1) is 6.92 Å². The van der Waals surface area contributed by atoms with Gasteiger partial charge in [-0.3, -0.25) is 24.0 Å². The Balaban J connectivity index is 1.14. The van der Waals surface area contributed by atoms with E-state index in [1.165, 1.54) is 17.0 Å². The van der Waals surface area contributed by atoms with Crippen LogP contribution in [0.4, 0.5) is 0 Å². The highest BCUT2D eigenvalue weighted by atomic mass is 16.7. The summed E-state index contributed by atoms with van der Waals surface area (Å²) in [5.74, 6) is -3.85. The summed E-state index contributed by atoms with van der Waals surface area (Å²) >= 11 is 0. The van der Waals surface area contributed by atoms with Gasteiger partial charge in [0.25, 0.3) is 23.6 Å². The Morgan fingerprint density at radius 1 is 0.904 bits per heavy atom. The number of hydroxylamine groups is 2. The van der Waals surface area contributed by atoms with Crippen LogP contribution in [0.1, 0.15) is 74.7 Å². The first-order valence-electron chi connectivity index (χ1n) is 16.9. The monoisotopic (exact) mass is 708 g/mol. The minimum Gasteiger partial charge on any atom is -0.423 e. The van der Waals surface area contributed by atoms with Crippen LogP contribution in [0.25, 0.3) is 0 Å². The fourth-order valence-electron chi connectivity index (χ4n) is 6.92. The first-order chi connectivity index (χ1) is 24.9. The number of hydrogen-bond donors (Lipinski definition) is 4. The van der Waals surface area contributed by atoms with Gasteiger partial charge in [0.2, 0.25) is 5.91 Å². The van der Waals surface area contributed by atoms with Gasteiger partial charge in [0.15, 0.2) is 0 Å². The van der Waals surface area contributed by atoms with Crippen molar-refractivity contribution >= 4 is 60.7 Å². The van der Waals surface area contributed by atoms with Crippen molar-refractivity contribution in [3.05, 3.63) is 94.0 Å². The van der Waals surface area contributed by atoms with E-state index in [9.17, 15) is 38.8 Å². The summed E-state index contributed by atoms with van der Waals surface area (Å²) in [7, 11) is -2.36. The van der Waals surface area contributed by atoms with Gasteiger partial charge in [0.05, 0.1) is 25.7 Å². The third kappa shape index (κ3) is 7.08. The maximum atomic E-state index is 14.2. The predicted molar refractivity (Wildman–Crippen MR) is 182 cm³/mol. The van der Waals surface area contributed by atoms with Crippen molar-refractivity contribution in [2.45, 2.75) is 63.9 Å². The van der Waals surface area contributed by atoms with Crippen LogP contribution in [-0.4, -0.2) is 88.4 Å². The van der Waals surface area contributed by atoms with Gasteiger partial charge in [-0.15, -0.1) is 5.06 Å². The number of nitrogens with one attached hydrogen (secondary N) is 2. The number of nitrogens with zero attached hydrogens (tertiary/aromatic N) is 2. The lowest BCUT2D eigenvalue weighted by molar-refractivity contribution is -0.197. The lowest BCUT2D eigenvalue weighted by Crippen LogP contribution is -2.47. The summed E-state index contributed by atoms with van der Waals surface area (Å²) in [6.45, 7) is 2.19. The number of amides is 5.